The van der Waals surface area contributed by atoms with Crippen molar-refractivity contribution in [3.8, 4) is 6.07 Å². The zero-order chi connectivity index (χ0) is 15.0. The first kappa shape index (κ1) is 16.6. The van der Waals surface area contributed by atoms with Crippen molar-refractivity contribution in [1.29, 1.82) is 5.26 Å². The minimum absolute atomic E-state index is 0.114. The van der Waals surface area contributed by atoms with Crippen molar-refractivity contribution in [2.24, 2.45) is 0 Å². The summed E-state index contributed by atoms with van der Waals surface area (Å²) < 4.78 is 2.48. The zero-order valence-corrected chi connectivity index (χ0v) is 13.2. The van der Waals surface area contributed by atoms with Crippen LogP contribution in [0.25, 0.3) is 0 Å². The standard InChI is InChI=1S/C13H19BrN4O2/c1-2-3-4-5-6-9-17-12(19)11(14)16-18(13(17)20)10-7-8-15/h2-7,9-10H2,1H3. The Balaban J connectivity index is 2.83. The number of halogens is 1. The number of aromatic nitrogens is 3. The van der Waals surface area contributed by atoms with Crippen LogP contribution in [0, 0.1) is 11.3 Å². The molecule has 0 radical (unpaired) electrons. The average molecular weight is 343 g/mol. The number of hydrogen-bond donors (Lipinski definition) is 0. The van der Waals surface area contributed by atoms with Crippen LogP contribution in [0.1, 0.15) is 45.4 Å². The van der Waals surface area contributed by atoms with E-state index in [0.717, 1.165) is 25.7 Å². The van der Waals surface area contributed by atoms with Gasteiger partial charge in [0.2, 0.25) is 0 Å². The van der Waals surface area contributed by atoms with E-state index in [1.807, 2.05) is 6.07 Å². The summed E-state index contributed by atoms with van der Waals surface area (Å²) in [4.78, 5) is 24.0. The van der Waals surface area contributed by atoms with Gasteiger partial charge in [-0.2, -0.15) is 10.4 Å². The van der Waals surface area contributed by atoms with Gasteiger partial charge in [0.25, 0.3) is 5.56 Å². The largest absolute Gasteiger partial charge is 0.347 e. The first-order valence-electron chi connectivity index (χ1n) is 6.86. The minimum Gasteiger partial charge on any atom is -0.266 e. The molecule has 1 aromatic rings. The van der Waals surface area contributed by atoms with Crippen molar-refractivity contribution in [2.75, 3.05) is 0 Å². The number of unbranched alkanes of at least 4 members (excludes halogenated alkanes) is 4. The van der Waals surface area contributed by atoms with Gasteiger partial charge in [-0.25, -0.2) is 9.48 Å². The van der Waals surface area contributed by atoms with Crippen LogP contribution < -0.4 is 11.2 Å². The van der Waals surface area contributed by atoms with E-state index >= 15 is 0 Å². The van der Waals surface area contributed by atoms with E-state index in [-0.39, 0.29) is 17.6 Å². The summed E-state index contributed by atoms with van der Waals surface area (Å²) in [5, 5.41) is 12.4. The summed E-state index contributed by atoms with van der Waals surface area (Å²) in [5.74, 6) is 0. The number of rotatable bonds is 8. The lowest BCUT2D eigenvalue weighted by Gasteiger charge is -2.08. The smallest absolute Gasteiger partial charge is 0.266 e. The van der Waals surface area contributed by atoms with Crippen molar-refractivity contribution in [1.82, 2.24) is 14.3 Å². The quantitative estimate of drug-likeness (QED) is 0.677. The van der Waals surface area contributed by atoms with Crippen molar-refractivity contribution >= 4 is 15.9 Å². The first-order valence-corrected chi connectivity index (χ1v) is 7.65. The van der Waals surface area contributed by atoms with Crippen molar-refractivity contribution in [3.63, 3.8) is 0 Å². The molecular weight excluding hydrogens is 324 g/mol. The fourth-order valence-electron chi connectivity index (χ4n) is 1.90. The van der Waals surface area contributed by atoms with Crippen LogP contribution in [0.4, 0.5) is 0 Å². The molecule has 0 unspecified atom stereocenters. The molecule has 0 amide bonds. The Kier molecular flexibility index (Phi) is 7.23. The molecule has 0 fully saturated rings. The molecule has 0 aliphatic heterocycles. The van der Waals surface area contributed by atoms with Crippen LogP contribution in [0.5, 0.6) is 0 Å². The molecule has 0 saturated heterocycles. The van der Waals surface area contributed by atoms with E-state index in [2.05, 4.69) is 28.0 Å². The molecular formula is C13H19BrN4O2. The van der Waals surface area contributed by atoms with Crippen LogP contribution in [-0.4, -0.2) is 14.3 Å². The Morgan fingerprint density at radius 3 is 2.55 bits per heavy atom. The molecule has 0 atom stereocenters. The molecule has 1 heterocycles. The number of hydrogen-bond acceptors (Lipinski definition) is 4. The second-order valence-electron chi connectivity index (χ2n) is 4.58. The van der Waals surface area contributed by atoms with Gasteiger partial charge in [0, 0.05) is 6.54 Å². The van der Waals surface area contributed by atoms with Crippen LogP contribution in [0.15, 0.2) is 14.2 Å². The van der Waals surface area contributed by atoms with Crippen molar-refractivity contribution in [2.45, 2.75) is 58.5 Å². The summed E-state index contributed by atoms with van der Waals surface area (Å²) in [6, 6.07) is 1.96. The Bertz CT molecular complexity index is 586. The zero-order valence-electron chi connectivity index (χ0n) is 11.6. The maximum Gasteiger partial charge on any atom is 0.347 e. The Labute approximate surface area is 126 Å². The SMILES string of the molecule is CCCCCCCn1c(=O)c(Br)nn(CCC#N)c1=O. The van der Waals surface area contributed by atoms with E-state index in [1.54, 1.807) is 0 Å². The summed E-state index contributed by atoms with van der Waals surface area (Å²) in [6.45, 7) is 2.73. The van der Waals surface area contributed by atoms with Gasteiger partial charge in [0.15, 0.2) is 4.60 Å². The van der Waals surface area contributed by atoms with Gasteiger partial charge in [-0.05, 0) is 22.4 Å². The predicted molar refractivity (Wildman–Crippen MR) is 79.4 cm³/mol. The highest BCUT2D eigenvalue weighted by Crippen LogP contribution is 2.03. The molecule has 110 valence electrons. The van der Waals surface area contributed by atoms with E-state index in [9.17, 15) is 9.59 Å². The third-order valence-electron chi connectivity index (χ3n) is 3.00. The molecule has 0 aliphatic carbocycles. The monoisotopic (exact) mass is 342 g/mol. The van der Waals surface area contributed by atoms with Gasteiger partial charge in [0.05, 0.1) is 19.0 Å². The fourth-order valence-corrected chi connectivity index (χ4v) is 2.31. The molecule has 0 aliphatic rings. The van der Waals surface area contributed by atoms with Gasteiger partial charge >= 0.3 is 5.69 Å². The maximum absolute atomic E-state index is 12.1. The van der Waals surface area contributed by atoms with Gasteiger partial charge in [-0.15, -0.1) is 0 Å². The number of nitriles is 1. The maximum atomic E-state index is 12.1. The second kappa shape index (κ2) is 8.69. The molecule has 0 aromatic carbocycles. The van der Waals surface area contributed by atoms with Crippen LogP contribution in [0.3, 0.4) is 0 Å². The summed E-state index contributed by atoms with van der Waals surface area (Å²) in [7, 11) is 0. The van der Waals surface area contributed by atoms with E-state index in [4.69, 9.17) is 5.26 Å². The molecule has 0 saturated carbocycles. The van der Waals surface area contributed by atoms with Gasteiger partial charge < -0.3 is 0 Å². The van der Waals surface area contributed by atoms with Crippen molar-refractivity contribution in [3.05, 3.63) is 25.4 Å². The van der Waals surface area contributed by atoms with E-state index in [1.165, 1.54) is 15.7 Å². The molecule has 0 spiro atoms. The summed E-state index contributed by atoms with van der Waals surface area (Å²) >= 11 is 3.07. The molecule has 20 heavy (non-hydrogen) atoms. The summed E-state index contributed by atoms with van der Waals surface area (Å²) in [5.41, 5.74) is -0.845. The van der Waals surface area contributed by atoms with Crippen LogP contribution in [0.2, 0.25) is 0 Å². The highest BCUT2D eigenvalue weighted by atomic mass is 79.9. The first-order chi connectivity index (χ1) is 9.61. The number of aryl methyl sites for hydroxylation is 1. The Hall–Kier alpha value is -1.42. The molecule has 7 heteroatoms. The van der Waals surface area contributed by atoms with Crippen molar-refractivity contribution < 1.29 is 0 Å². The molecule has 0 N–H and O–H groups in total. The molecule has 1 rings (SSSR count). The predicted octanol–water partition coefficient (Wildman–Crippen LogP) is 2.05. The lowest BCUT2D eigenvalue weighted by atomic mass is 10.1. The fraction of sp³-hybridized carbons (Fsp3) is 0.692. The van der Waals surface area contributed by atoms with Gasteiger partial charge in [-0.1, -0.05) is 32.6 Å². The third-order valence-corrected chi connectivity index (χ3v) is 3.50. The van der Waals surface area contributed by atoms with Crippen LogP contribution in [-0.2, 0) is 13.1 Å². The topological polar surface area (TPSA) is 80.7 Å². The van der Waals surface area contributed by atoms with Gasteiger partial charge in [-0.3, -0.25) is 9.36 Å². The average Bonchev–Trinajstić information content (AvgIpc) is 2.44. The minimum atomic E-state index is -0.441. The molecule has 0 bridgehead atoms. The lowest BCUT2D eigenvalue weighted by molar-refractivity contribution is 0.470. The normalized spacial score (nSPS) is 10.4. The Morgan fingerprint density at radius 2 is 1.90 bits per heavy atom. The molecule has 1 aromatic heterocycles. The second-order valence-corrected chi connectivity index (χ2v) is 5.33. The van der Waals surface area contributed by atoms with Crippen LogP contribution >= 0.6 is 15.9 Å². The number of nitrogens with zero attached hydrogens (tertiary/aromatic N) is 4. The highest BCUT2D eigenvalue weighted by molar-refractivity contribution is 9.10. The third kappa shape index (κ3) is 4.60. The van der Waals surface area contributed by atoms with Gasteiger partial charge in [0.1, 0.15) is 0 Å². The van der Waals surface area contributed by atoms with E-state index in [0.29, 0.717) is 6.54 Å². The summed E-state index contributed by atoms with van der Waals surface area (Å²) in [6.07, 6.45) is 5.42. The Morgan fingerprint density at radius 1 is 1.20 bits per heavy atom. The van der Waals surface area contributed by atoms with E-state index < -0.39 is 11.2 Å². The lowest BCUT2D eigenvalue weighted by Crippen LogP contribution is -2.42. The highest BCUT2D eigenvalue weighted by Gasteiger charge is 2.10. The molecule has 6 nitrogen and oxygen atoms in total.